The fourth-order valence-corrected chi connectivity index (χ4v) is 3.84. The van der Waals surface area contributed by atoms with Crippen LogP contribution in [0.25, 0.3) is 16.7 Å². The maximum Gasteiger partial charge on any atom is 0.154 e. The van der Waals surface area contributed by atoms with E-state index in [1.54, 1.807) is 0 Å². The normalized spacial score (nSPS) is 23.1. The first-order chi connectivity index (χ1) is 12.2. The van der Waals surface area contributed by atoms with Crippen LogP contribution in [0.5, 0.6) is 0 Å². The fraction of sp³-hybridized carbons (Fsp3) is 0.500. The van der Waals surface area contributed by atoms with Gasteiger partial charge in [-0.25, -0.2) is 9.97 Å². The predicted octanol–water partition coefficient (Wildman–Crippen LogP) is 2.26. The van der Waals surface area contributed by atoms with Crippen LogP contribution < -0.4 is 0 Å². The van der Waals surface area contributed by atoms with Crippen molar-refractivity contribution in [2.45, 2.75) is 38.3 Å². The molecule has 0 bridgehead atoms. The van der Waals surface area contributed by atoms with Crippen LogP contribution in [-0.2, 0) is 0 Å². The molecular formula is C18H22N6O. The van der Waals surface area contributed by atoms with Gasteiger partial charge in [-0.3, -0.25) is 9.30 Å². The third kappa shape index (κ3) is 2.77. The van der Waals surface area contributed by atoms with Gasteiger partial charge < -0.3 is 10.1 Å². The van der Waals surface area contributed by atoms with Gasteiger partial charge in [-0.05, 0) is 24.8 Å². The van der Waals surface area contributed by atoms with Crippen molar-refractivity contribution in [1.29, 1.82) is 5.26 Å². The molecule has 1 fully saturated rings. The molecule has 0 radical (unpaired) electrons. The van der Waals surface area contributed by atoms with Crippen LogP contribution in [-0.4, -0.2) is 48.7 Å². The molecule has 0 saturated carbocycles. The number of aromatic amines is 1. The Hall–Kier alpha value is -2.43. The number of nitriles is 1. The van der Waals surface area contributed by atoms with Gasteiger partial charge in [-0.2, -0.15) is 5.26 Å². The molecule has 0 spiro atoms. The summed E-state index contributed by atoms with van der Waals surface area (Å²) >= 11 is 0. The molecular weight excluding hydrogens is 316 g/mol. The van der Waals surface area contributed by atoms with Crippen LogP contribution in [0, 0.1) is 17.2 Å². The molecule has 4 heterocycles. The van der Waals surface area contributed by atoms with E-state index in [4.69, 9.17) is 10.2 Å². The molecule has 4 rings (SSSR count). The van der Waals surface area contributed by atoms with Gasteiger partial charge in [0.25, 0.3) is 0 Å². The maximum absolute atomic E-state index is 10.4. The van der Waals surface area contributed by atoms with Crippen molar-refractivity contribution >= 4 is 16.7 Å². The van der Waals surface area contributed by atoms with Crippen molar-refractivity contribution in [2.75, 3.05) is 13.1 Å². The maximum atomic E-state index is 10.4. The minimum atomic E-state index is -0.560. The summed E-state index contributed by atoms with van der Waals surface area (Å²) in [5.74, 6) is 1.73. The zero-order chi connectivity index (χ0) is 17.4. The summed E-state index contributed by atoms with van der Waals surface area (Å²) in [6.45, 7) is 3.86. The Bertz CT molecular complexity index is 923. The summed E-state index contributed by atoms with van der Waals surface area (Å²) in [7, 11) is 0. The minimum Gasteiger partial charge on any atom is -0.378 e. The third-order valence-corrected chi connectivity index (χ3v) is 5.34. The minimum absolute atomic E-state index is 0.230. The van der Waals surface area contributed by atoms with Gasteiger partial charge in [-0.1, -0.05) is 6.92 Å². The predicted molar refractivity (Wildman–Crippen MR) is 93.8 cm³/mol. The number of nitrogens with zero attached hydrogens (tertiary/aromatic N) is 5. The molecule has 7 heteroatoms. The van der Waals surface area contributed by atoms with Gasteiger partial charge in [-0.15, -0.1) is 0 Å². The summed E-state index contributed by atoms with van der Waals surface area (Å²) in [4.78, 5) is 14.4. The Balaban J connectivity index is 1.69. The Morgan fingerprint density at radius 1 is 1.44 bits per heavy atom. The lowest BCUT2D eigenvalue weighted by atomic mass is 9.86. The first-order valence-electron chi connectivity index (χ1n) is 8.77. The quantitative estimate of drug-likeness (QED) is 0.761. The van der Waals surface area contributed by atoms with E-state index in [0.717, 1.165) is 42.0 Å². The molecule has 1 saturated heterocycles. The van der Waals surface area contributed by atoms with Crippen LogP contribution in [0.2, 0.25) is 0 Å². The highest BCUT2D eigenvalue weighted by Crippen LogP contribution is 2.33. The zero-order valence-corrected chi connectivity index (χ0v) is 14.3. The summed E-state index contributed by atoms with van der Waals surface area (Å²) in [6, 6.07) is 4.13. The van der Waals surface area contributed by atoms with Crippen LogP contribution in [0.15, 0.2) is 24.7 Å². The number of nitrogens with one attached hydrogen (secondary N) is 1. The molecule has 1 aliphatic rings. The number of imidazole rings is 1. The van der Waals surface area contributed by atoms with E-state index in [2.05, 4.69) is 32.3 Å². The van der Waals surface area contributed by atoms with Crippen molar-refractivity contribution < 1.29 is 5.11 Å². The first-order valence-corrected chi connectivity index (χ1v) is 8.77. The van der Waals surface area contributed by atoms with Gasteiger partial charge in [0.05, 0.1) is 29.5 Å². The van der Waals surface area contributed by atoms with Gasteiger partial charge >= 0.3 is 0 Å². The van der Waals surface area contributed by atoms with Gasteiger partial charge in [0, 0.05) is 31.6 Å². The molecule has 0 aromatic carbocycles. The highest BCUT2D eigenvalue weighted by atomic mass is 16.3. The monoisotopic (exact) mass is 338 g/mol. The Morgan fingerprint density at radius 3 is 3.12 bits per heavy atom. The van der Waals surface area contributed by atoms with E-state index in [1.807, 2.05) is 24.7 Å². The Kier molecular flexibility index (Phi) is 4.15. The number of piperidine rings is 1. The van der Waals surface area contributed by atoms with Crippen LogP contribution in [0.1, 0.15) is 37.9 Å². The summed E-state index contributed by atoms with van der Waals surface area (Å²) in [5, 5.41) is 19.1. The smallest absolute Gasteiger partial charge is 0.154 e. The van der Waals surface area contributed by atoms with Gasteiger partial charge in [0.1, 0.15) is 12.1 Å². The van der Waals surface area contributed by atoms with E-state index in [-0.39, 0.29) is 5.92 Å². The highest BCUT2D eigenvalue weighted by Gasteiger charge is 2.33. The molecule has 3 atom stereocenters. The SMILES string of the molecule is C[C@@H]1CCN(C(O)CCC#N)C[C@@H]1c1ncc2cnc3[nH]ccc3n12. The average molecular weight is 338 g/mol. The molecule has 25 heavy (non-hydrogen) atoms. The average Bonchev–Trinajstić information content (AvgIpc) is 3.25. The van der Waals surface area contributed by atoms with Gasteiger partial charge in [0.15, 0.2) is 5.65 Å². The van der Waals surface area contributed by atoms with E-state index in [0.29, 0.717) is 18.8 Å². The molecule has 1 unspecified atom stereocenters. The van der Waals surface area contributed by atoms with E-state index >= 15 is 0 Å². The second-order valence-electron chi connectivity index (χ2n) is 6.89. The van der Waals surface area contributed by atoms with Gasteiger partial charge in [0.2, 0.25) is 0 Å². The summed E-state index contributed by atoms with van der Waals surface area (Å²) in [6.07, 6.45) is 6.91. The number of H-pyrrole nitrogens is 1. The van der Waals surface area contributed by atoms with Crippen LogP contribution in [0.3, 0.4) is 0 Å². The topological polar surface area (TPSA) is 93.2 Å². The molecule has 3 aromatic rings. The number of hydrogen-bond donors (Lipinski definition) is 2. The lowest BCUT2D eigenvalue weighted by Crippen LogP contribution is -2.45. The summed E-state index contributed by atoms with van der Waals surface area (Å²) < 4.78 is 2.17. The molecule has 0 aliphatic carbocycles. The third-order valence-electron chi connectivity index (χ3n) is 5.34. The molecule has 1 aliphatic heterocycles. The second-order valence-corrected chi connectivity index (χ2v) is 6.89. The number of likely N-dealkylation sites (tertiary alicyclic amines) is 1. The number of aliphatic hydroxyl groups excluding tert-OH is 1. The lowest BCUT2D eigenvalue weighted by Gasteiger charge is -2.38. The second kappa shape index (κ2) is 6.47. The molecule has 7 nitrogen and oxygen atoms in total. The van der Waals surface area contributed by atoms with Crippen molar-refractivity contribution in [2.24, 2.45) is 5.92 Å². The Labute approximate surface area is 145 Å². The number of hydrogen-bond acceptors (Lipinski definition) is 5. The van der Waals surface area contributed by atoms with Crippen LogP contribution >= 0.6 is 0 Å². The van der Waals surface area contributed by atoms with E-state index < -0.39 is 6.23 Å². The number of fused-ring (bicyclic) bond motifs is 3. The van der Waals surface area contributed by atoms with Crippen molar-refractivity contribution in [3.05, 3.63) is 30.5 Å². The standard InChI is InChI=1S/C18H22N6O/c1-12-5-8-23(16(25)3-2-6-19)11-14(12)18-22-10-13-9-21-17-15(24(13)18)4-7-20-17/h4,7,9-10,12,14,16,20,25H,2-3,5,8,11H2,1H3/t12-,14+,16?/m1/s1. The number of aliphatic hydroxyl groups is 1. The number of aromatic nitrogens is 4. The molecule has 2 N–H and O–H groups in total. The van der Waals surface area contributed by atoms with Crippen molar-refractivity contribution in [1.82, 2.24) is 24.3 Å². The van der Waals surface area contributed by atoms with Crippen molar-refractivity contribution in [3.8, 4) is 6.07 Å². The fourth-order valence-electron chi connectivity index (χ4n) is 3.84. The van der Waals surface area contributed by atoms with Crippen LogP contribution in [0.4, 0.5) is 0 Å². The molecule has 0 amide bonds. The molecule has 3 aromatic heterocycles. The van der Waals surface area contributed by atoms with E-state index in [1.165, 1.54) is 0 Å². The highest BCUT2D eigenvalue weighted by molar-refractivity contribution is 5.75. The van der Waals surface area contributed by atoms with E-state index in [9.17, 15) is 5.11 Å². The summed E-state index contributed by atoms with van der Waals surface area (Å²) in [5.41, 5.74) is 2.86. The molecule has 130 valence electrons. The largest absolute Gasteiger partial charge is 0.378 e. The number of rotatable bonds is 4. The first kappa shape index (κ1) is 16.1. The zero-order valence-electron chi connectivity index (χ0n) is 14.3. The van der Waals surface area contributed by atoms with Crippen molar-refractivity contribution in [3.63, 3.8) is 0 Å². The Morgan fingerprint density at radius 2 is 2.28 bits per heavy atom. The lowest BCUT2D eigenvalue weighted by molar-refractivity contribution is -0.0268.